The molecular formula is C28H37N5O3S. The summed E-state index contributed by atoms with van der Waals surface area (Å²) < 4.78 is 11.8. The van der Waals surface area contributed by atoms with E-state index >= 15 is 0 Å². The van der Waals surface area contributed by atoms with Crippen LogP contribution in [0.5, 0.6) is 5.88 Å². The van der Waals surface area contributed by atoms with Crippen molar-refractivity contribution in [3.05, 3.63) is 47.4 Å². The molecule has 9 heteroatoms. The third kappa shape index (κ3) is 5.52. The minimum atomic E-state index is -0.631. The van der Waals surface area contributed by atoms with Crippen LogP contribution in [0.2, 0.25) is 0 Å². The molecule has 0 aliphatic carbocycles. The summed E-state index contributed by atoms with van der Waals surface area (Å²) in [5, 5.41) is 5.07. The number of carbonyl (C=O) groups is 1. The van der Waals surface area contributed by atoms with E-state index in [9.17, 15) is 4.79 Å². The van der Waals surface area contributed by atoms with Gasteiger partial charge in [-0.3, -0.25) is 0 Å². The number of fused-ring (bicyclic) bond motifs is 2. The van der Waals surface area contributed by atoms with Crippen molar-refractivity contribution in [3.8, 4) is 5.88 Å². The number of aromatic nitrogens is 3. The molecule has 4 heterocycles. The number of ether oxygens (including phenoxy) is 2. The number of anilines is 2. The van der Waals surface area contributed by atoms with Crippen LogP contribution in [0.25, 0.3) is 10.8 Å². The smallest absolute Gasteiger partial charge is 0.340 e. The molecule has 1 aliphatic rings. The molecule has 0 aromatic carbocycles. The molecule has 0 radical (unpaired) electrons. The summed E-state index contributed by atoms with van der Waals surface area (Å²) >= 11 is 1.80. The maximum Gasteiger partial charge on any atom is 0.340 e. The lowest BCUT2D eigenvalue weighted by molar-refractivity contribution is -0.0189. The van der Waals surface area contributed by atoms with E-state index in [2.05, 4.69) is 35.4 Å². The van der Waals surface area contributed by atoms with Gasteiger partial charge in [-0.2, -0.15) is 11.8 Å². The van der Waals surface area contributed by atoms with Gasteiger partial charge in [-0.15, -0.1) is 0 Å². The number of nitrogens with two attached hydrogens (primary N) is 1. The van der Waals surface area contributed by atoms with Crippen LogP contribution in [-0.4, -0.2) is 44.6 Å². The van der Waals surface area contributed by atoms with Gasteiger partial charge in [-0.1, -0.05) is 13.8 Å². The first-order valence-corrected chi connectivity index (χ1v) is 14.1. The molecule has 8 nitrogen and oxygen atoms in total. The van der Waals surface area contributed by atoms with Gasteiger partial charge in [0.1, 0.15) is 17.2 Å². The highest BCUT2D eigenvalue weighted by Crippen LogP contribution is 2.38. The fourth-order valence-corrected chi connectivity index (χ4v) is 4.91. The first-order valence-electron chi connectivity index (χ1n) is 12.7. The van der Waals surface area contributed by atoms with E-state index in [1.165, 1.54) is 0 Å². The molecule has 3 aromatic heterocycles. The van der Waals surface area contributed by atoms with Crippen molar-refractivity contribution in [2.75, 3.05) is 17.3 Å². The fraction of sp³-hybridized carbons (Fsp3) is 0.500. The highest BCUT2D eigenvalue weighted by molar-refractivity contribution is 7.98. The van der Waals surface area contributed by atoms with Gasteiger partial charge in [0.15, 0.2) is 0 Å². The second kappa shape index (κ2) is 10.5. The molecule has 2 unspecified atom stereocenters. The van der Waals surface area contributed by atoms with Gasteiger partial charge in [0, 0.05) is 23.9 Å². The topological polar surface area (TPSA) is 112 Å². The molecule has 0 saturated carbocycles. The number of rotatable bonds is 9. The molecule has 3 atom stereocenters. The number of cyclic esters (lactones) is 1. The molecule has 0 fully saturated rings. The number of hydrogen-bond acceptors (Lipinski definition) is 9. The van der Waals surface area contributed by atoms with Crippen LogP contribution in [0.4, 0.5) is 11.6 Å². The highest BCUT2D eigenvalue weighted by atomic mass is 32.2. The lowest BCUT2D eigenvalue weighted by Crippen LogP contribution is -2.39. The second-order valence-corrected chi connectivity index (χ2v) is 11.5. The normalized spacial score (nSPS) is 19.0. The minimum absolute atomic E-state index is 0.0277. The Labute approximate surface area is 223 Å². The predicted octanol–water partition coefficient (Wildman–Crippen LogP) is 5.93. The molecule has 0 spiro atoms. The summed E-state index contributed by atoms with van der Waals surface area (Å²) in [6, 6.07) is 5.49. The van der Waals surface area contributed by atoms with Gasteiger partial charge in [-0.25, -0.2) is 19.7 Å². The number of thioether (sulfide) groups is 1. The monoisotopic (exact) mass is 523 g/mol. The number of esters is 1. The minimum Gasteiger partial charge on any atom is -0.474 e. The molecule has 198 valence electrons. The van der Waals surface area contributed by atoms with Crippen molar-refractivity contribution in [1.29, 1.82) is 0 Å². The number of nitrogens with one attached hydrogen (secondary N) is 1. The molecule has 0 saturated heterocycles. The zero-order valence-corrected chi connectivity index (χ0v) is 23.5. The van der Waals surface area contributed by atoms with E-state index in [1.807, 2.05) is 40.0 Å². The van der Waals surface area contributed by atoms with Gasteiger partial charge >= 0.3 is 5.97 Å². The predicted molar refractivity (Wildman–Crippen MR) is 150 cm³/mol. The van der Waals surface area contributed by atoms with Crippen LogP contribution in [0.15, 0.2) is 30.6 Å². The summed E-state index contributed by atoms with van der Waals surface area (Å²) in [5.74, 6) is 2.39. The van der Waals surface area contributed by atoms with E-state index in [0.29, 0.717) is 28.8 Å². The van der Waals surface area contributed by atoms with Crippen LogP contribution in [-0.2, 0) is 10.3 Å². The van der Waals surface area contributed by atoms with Crippen LogP contribution in [0.1, 0.15) is 81.9 Å². The number of pyridine rings is 3. The standard InChI is InChI=1S/C28H37N5O3S/c1-8-28(6,29)21-15-31-25(35-16(2)11-12-37-7)20-14-30-23(13-19(20)21)32-22-10-9-18-24(33-22)17(3)27(4,5)36-26(18)34/h9-10,13-17H,8,11-12,29H2,1-7H3,(H,30,32,33)/t16?,17?,28-/m1/s1. The van der Waals surface area contributed by atoms with Crippen molar-refractivity contribution < 1.29 is 14.3 Å². The van der Waals surface area contributed by atoms with E-state index in [0.717, 1.165) is 34.9 Å². The van der Waals surface area contributed by atoms with Gasteiger partial charge in [0.05, 0.1) is 22.7 Å². The fourth-order valence-electron chi connectivity index (χ4n) is 4.34. The summed E-state index contributed by atoms with van der Waals surface area (Å²) in [4.78, 5) is 26.5. The molecule has 37 heavy (non-hydrogen) atoms. The largest absolute Gasteiger partial charge is 0.474 e. The average Bonchev–Trinajstić information content (AvgIpc) is 2.85. The molecule has 0 bridgehead atoms. The molecule has 3 N–H and O–H groups in total. The zero-order valence-electron chi connectivity index (χ0n) is 22.7. The Morgan fingerprint density at radius 2 is 2.00 bits per heavy atom. The Balaban J connectivity index is 1.73. The lowest BCUT2D eigenvalue weighted by Gasteiger charge is -2.36. The summed E-state index contributed by atoms with van der Waals surface area (Å²) in [6.07, 6.45) is 7.38. The summed E-state index contributed by atoms with van der Waals surface area (Å²) in [5.41, 5.74) is 7.61. The Bertz CT molecular complexity index is 1310. The van der Waals surface area contributed by atoms with Crippen molar-refractivity contribution in [2.24, 2.45) is 5.73 Å². The first-order chi connectivity index (χ1) is 17.5. The Hall–Kier alpha value is -2.91. The Morgan fingerprint density at radius 1 is 1.24 bits per heavy atom. The van der Waals surface area contributed by atoms with E-state index in [-0.39, 0.29) is 18.0 Å². The van der Waals surface area contributed by atoms with Gasteiger partial charge in [0.2, 0.25) is 5.88 Å². The van der Waals surface area contributed by atoms with Crippen molar-refractivity contribution >= 4 is 40.1 Å². The molecule has 4 rings (SSSR count). The SMILES string of the molecule is CC[C@@](C)(N)c1cnc(OC(C)CCSC)c2cnc(Nc3ccc4c(n3)C(C)C(C)(C)OC4=O)cc12. The molecular weight excluding hydrogens is 486 g/mol. The van der Waals surface area contributed by atoms with Crippen molar-refractivity contribution in [1.82, 2.24) is 15.0 Å². The Kier molecular flexibility index (Phi) is 7.67. The van der Waals surface area contributed by atoms with Gasteiger partial charge in [0.25, 0.3) is 0 Å². The third-order valence-corrected chi connectivity index (χ3v) is 7.98. The lowest BCUT2D eigenvalue weighted by atomic mass is 9.84. The van der Waals surface area contributed by atoms with Gasteiger partial charge < -0.3 is 20.5 Å². The maximum absolute atomic E-state index is 12.5. The Morgan fingerprint density at radius 3 is 2.70 bits per heavy atom. The molecule has 3 aromatic rings. The quantitative estimate of drug-likeness (QED) is 0.330. The van der Waals surface area contributed by atoms with Crippen LogP contribution >= 0.6 is 11.8 Å². The average molecular weight is 524 g/mol. The number of hydrogen-bond donors (Lipinski definition) is 2. The van der Waals surface area contributed by atoms with Crippen molar-refractivity contribution in [2.45, 2.75) is 77.5 Å². The van der Waals surface area contributed by atoms with E-state index in [1.54, 1.807) is 30.1 Å². The number of carbonyl (C=O) groups excluding carboxylic acids is 1. The first kappa shape index (κ1) is 27.1. The molecule has 1 aliphatic heterocycles. The third-order valence-electron chi connectivity index (χ3n) is 7.34. The van der Waals surface area contributed by atoms with E-state index in [4.69, 9.17) is 20.2 Å². The van der Waals surface area contributed by atoms with Crippen LogP contribution in [0.3, 0.4) is 0 Å². The van der Waals surface area contributed by atoms with Crippen LogP contribution < -0.4 is 15.8 Å². The van der Waals surface area contributed by atoms with E-state index < -0.39 is 11.1 Å². The van der Waals surface area contributed by atoms with Crippen molar-refractivity contribution in [3.63, 3.8) is 0 Å². The second-order valence-electron chi connectivity index (χ2n) is 10.5. The zero-order chi connectivity index (χ0) is 27.0. The van der Waals surface area contributed by atoms with Crippen LogP contribution in [0, 0.1) is 0 Å². The summed E-state index contributed by atoms with van der Waals surface area (Å²) in [6.45, 7) is 11.9. The summed E-state index contributed by atoms with van der Waals surface area (Å²) in [7, 11) is 0. The molecule has 0 amide bonds. The maximum atomic E-state index is 12.5. The highest BCUT2D eigenvalue weighted by Gasteiger charge is 2.40. The van der Waals surface area contributed by atoms with Gasteiger partial charge in [-0.05, 0) is 81.7 Å². The number of nitrogens with zero attached hydrogens (tertiary/aromatic N) is 3.